The molecule has 1 saturated carbocycles. The van der Waals surface area contributed by atoms with Gasteiger partial charge in [0.1, 0.15) is 0 Å². The molecule has 1 aliphatic rings. The maximum Gasteiger partial charge on any atom is 0.335 e. The second kappa shape index (κ2) is 6.55. The number of hydrogen-bond acceptors (Lipinski definition) is 2. The highest BCUT2D eigenvalue weighted by Gasteiger charge is 2.35. The minimum absolute atomic E-state index is 0.256. The molecule has 0 radical (unpaired) electrons. The Labute approximate surface area is 137 Å². The monoisotopic (exact) mass is 309 g/mol. The van der Waals surface area contributed by atoms with Gasteiger partial charge in [-0.3, -0.25) is 0 Å². The lowest BCUT2D eigenvalue weighted by Crippen LogP contribution is -2.28. The van der Waals surface area contributed by atoms with Crippen molar-refractivity contribution in [3.63, 3.8) is 0 Å². The molecule has 0 unspecified atom stereocenters. The lowest BCUT2D eigenvalue weighted by molar-refractivity contribution is 0.0697. The first-order chi connectivity index (χ1) is 11.1. The molecule has 0 bridgehead atoms. The quantitative estimate of drug-likeness (QED) is 0.878. The highest BCUT2D eigenvalue weighted by Crippen LogP contribution is 2.40. The zero-order valence-corrected chi connectivity index (χ0v) is 13.5. The average Bonchev–Trinajstić information content (AvgIpc) is 2.97. The van der Waals surface area contributed by atoms with Crippen LogP contribution >= 0.6 is 0 Å². The molecule has 23 heavy (non-hydrogen) atoms. The Morgan fingerprint density at radius 1 is 1.17 bits per heavy atom. The van der Waals surface area contributed by atoms with Gasteiger partial charge in [0.15, 0.2) is 0 Å². The predicted molar refractivity (Wildman–Crippen MR) is 91.7 cm³/mol. The summed E-state index contributed by atoms with van der Waals surface area (Å²) < 4.78 is 0. The van der Waals surface area contributed by atoms with Gasteiger partial charge in [-0.2, -0.15) is 0 Å². The van der Waals surface area contributed by atoms with E-state index in [9.17, 15) is 4.79 Å². The fraction of sp³-hybridized carbons (Fsp3) is 0.350. The van der Waals surface area contributed by atoms with Crippen LogP contribution < -0.4 is 5.32 Å². The van der Waals surface area contributed by atoms with Crippen molar-refractivity contribution in [1.82, 2.24) is 5.32 Å². The van der Waals surface area contributed by atoms with E-state index in [4.69, 9.17) is 5.11 Å². The largest absolute Gasteiger partial charge is 0.478 e. The van der Waals surface area contributed by atoms with E-state index in [1.165, 1.54) is 18.4 Å². The molecule has 0 aromatic heterocycles. The zero-order chi connectivity index (χ0) is 16.3. The van der Waals surface area contributed by atoms with Gasteiger partial charge >= 0.3 is 5.97 Å². The van der Waals surface area contributed by atoms with Gasteiger partial charge in [-0.25, -0.2) is 4.79 Å². The van der Waals surface area contributed by atoms with Gasteiger partial charge in [0, 0.05) is 12.6 Å². The Kier molecular flexibility index (Phi) is 4.49. The molecule has 120 valence electrons. The van der Waals surface area contributed by atoms with E-state index in [-0.39, 0.29) is 5.41 Å². The summed E-state index contributed by atoms with van der Waals surface area (Å²) >= 11 is 0. The van der Waals surface area contributed by atoms with E-state index in [0.717, 1.165) is 18.5 Å². The molecule has 2 atom stereocenters. The number of aromatic carboxylic acids is 1. The van der Waals surface area contributed by atoms with Crippen LogP contribution in [0.5, 0.6) is 0 Å². The maximum absolute atomic E-state index is 10.9. The van der Waals surface area contributed by atoms with Crippen molar-refractivity contribution in [3.05, 3.63) is 71.3 Å². The standard InChI is InChI=1S/C20H23NO2/c1-20(17-5-3-2-4-6-17)12-11-18(13-20)21-14-15-7-9-16(10-8-15)19(22)23/h2-10,18,21H,11-14H2,1H3,(H,22,23)/t18-,20-/m0/s1. The van der Waals surface area contributed by atoms with Gasteiger partial charge in [0.25, 0.3) is 0 Å². The molecule has 2 aromatic carbocycles. The molecule has 2 aromatic rings. The van der Waals surface area contributed by atoms with Crippen LogP contribution in [0.3, 0.4) is 0 Å². The van der Waals surface area contributed by atoms with Crippen molar-refractivity contribution in [3.8, 4) is 0 Å². The van der Waals surface area contributed by atoms with Crippen molar-refractivity contribution >= 4 is 5.97 Å². The van der Waals surface area contributed by atoms with Gasteiger partial charge in [0.2, 0.25) is 0 Å². The molecule has 0 aliphatic heterocycles. The van der Waals surface area contributed by atoms with Crippen molar-refractivity contribution in [2.24, 2.45) is 0 Å². The fourth-order valence-corrected chi connectivity index (χ4v) is 3.55. The first-order valence-corrected chi connectivity index (χ1v) is 8.18. The molecule has 0 amide bonds. The highest BCUT2D eigenvalue weighted by molar-refractivity contribution is 5.87. The van der Waals surface area contributed by atoms with Crippen LogP contribution in [0, 0.1) is 0 Å². The number of carbonyl (C=O) groups is 1. The third-order valence-electron chi connectivity index (χ3n) is 5.01. The van der Waals surface area contributed by atoms with Crippen molar-refractivity contribution in [1.29, 1.82) is 0 Å². The van der Waals surface area contributed by atoms with Crippen LogP contribution in [0.1, 0.15) is 47.7 Å². The molecule has 2 N–H and O–H groups in total. The van der Waals surface area contributed by atoms with Gasteiger partial charge in [0.05, 0.1) is 5.56 Å². The summed E-state index contributed by atoms with van der Waals surface area (Å²) in [5.74, 6) is -0.876. The lowest BCUT2D eigenvalue weighted by atomic mass is 9.81. The van der Waals surface area contributed by atoms with E-state index in [1.54, 1.807) is 12.1 Å². The van der Waals surface area contributed by atoms with Gasteiger partial charge in [-0.05, 0) is 47.9 Å². The van der Waals surface area contributed by atoms with Crippen LogP contribution in [0.4, 0.5) is 0 Å². The third kappa shape index (κ3) is 3.62. The lowest BCUT2D eigenvalue weighted by Gasteiger charge is -2.25. The Bertz CT molecular complexity index is 666. The minimum Gasteiger partial charge on any atom is -0.478 e. The van der Waals surface area contributed by atoms with Gasteiger partial charge < -0.3 is 10.4 Å². The molecular weight excluding hydrogens is 286 g/mol. The van der Waals surface area contributed by atoms with E-state index in [1.807, 2.05) is 12.1 Å². The van der Waals surface area contributed by atoms with E-state index >= 15 is 0 Å². The number of nitrogens with one attached hydrogen (secondary N) is 1. The number of benzene rings is 2. The van der Waals surface area contributed by atoms with Crippen molar-refractivity contribution in [2.45, 2.75) is 44.2 Å². The Morgan fingerprint density at radius 3 is 2.52 bits per heavy atom. The smallest absolute Gasteiger partial charge is 0.335 e. The third-order valence-corrected chi connectivity index (χ3v) is 5.01. The zero-order valence-electron chi connectivity index (χ0n) is 13.5. The van der Waals surface area contributed by atoms with E-state index < -0.39 is 5.97 Å². The van der Waals surface area contributed by atoms with Crippen molar-refractivity contribution < 1.29 is 9.90 Å². The van der Waals surface area contributed by atoms with E-state index in [0.29, 0.717) is 11.6 Å². The van der Waals surface area contributed by atoms with Crippen LogP contribution in [0.15, 0.2) is 54.6 Å². The summed E-state index contributed by atoms with van der Waals surface area (Å²) in [6, 6.07) is 18.4. The first kappa shape index (κ1) is 15.8. The van der Waals surface area contributed by atoms with Crippen LogP contribution in [0.2, 0.25) is 0 Å². The van der Waals surface area contributed by atoms with Gasteiger partial charge in [-0.1, -0.05) is 49.4 Å². The summed E-state index contributed by atoms with van der Waals surface area (Å²) in [6.45, 7) is 3.14. The normalized spacial score (nSPS) is 23.8. The molecule has 3 nitrogen and oxygen atoms in total. The Morgan fingerprint density at radius 2 is 1.87 bits per heavy atom. The second-order valence-corrected chi connectivity index (χ2v) is 6.75. The van der Waals surface area contributed by atoms with E-state index in [2.05, 4.69) is 42.6 Å². The summed E-state index contributed by atoms with van der Waals surface area (Å²) in [5.41, 5.74) is 3.15. The molecule has 1 aliphatic carbocycles. The van der Waals surface area contributed by atoms with Crippen LogP contribution in [-0.2, 0) is 12.0 Å². The number of carboxylic acid groups (broad SMARTS) is 1. The second-order valence-electron chi connectivity index (χ2n) is 6.75. The Balaban J connectivity index is 1.57. The summed E-state index contributed by atoms with van der Waals surface area (Å²) in [4.78, 5) is 10.9. The SMILES string of the molecule is C[C@]1(c2ccccc2)CC[C@H](NCc2ccc(C(=O)O)cc2)C1. The minimum atomic E-state index is -0.876. The molecule has 0 saturated heterocycles. The van der Waals surface area contributed by atoms with Crippen LogP contribution in [0.25, 0.3) is 0 Å². The molecule has 3 rings (SSSR count). The first-order valence-electron chi connectivity index (χ1n) is 8.18. The summed E-state index contributed by atoms with van der Waals surface area (Å²) in [6.07, 6.45) is 3.52. The average molecular weight is 309 g/mol. The maximum atomic E-state index is 10.9. The number of rotatable bonds is 5. The molecule has 0 spiro atoms. The highest BCUT2D eigenvalue weighted by atomic mass is 16.4. The predicted octanol–water partition coefficient (Wildman–Crippen LogP) is 3.98. The molecular formula is C20H23NO2. The summed E-state index contributed by atoms with van der Waals surface area (Å²) in [7, 11) is 0. The molecule has 0 heterocycles. The number of carboxylic acids is 1. The fourth-order valence-electron chi connectivity index (χ4n) is 3.55. The Hall–Kier alpha value is -2.13. The van der Waals surface area contributed by atoms with Crippen LogP contribution in [-0.4, -0.2) is 17.1 Å². The van der Waals surface area contributed by atoms with Gasteiger partial charge in [-0.15, -0.1) is 0 Å². The topological polar surface area (TPSA) is 49.3 Å². The molecule has 1 fully saturated rings. The summed E-state index contributed by atoms with van der Waals surface area (Å²) in [5, 5.41) is 12.6. The number of hydrogen-bond donors (Lipinski definition) is 2. The molecule has 3 heteroatoms. The van der Waals surface area contributed by atoms with Crippen molar-refractivity contribution in [2.75, 3.05) is 0 Å².